The average Bonchev–Trinajstić information content (AvgIpc) is 2.83. The topological polar surface area (TPSA) is 72.2 Å². The Bertz CT molecular complexity index is 544. The van der Waals surface area contributed by atoms with Crippen molar-refractivity contribution in [2.45, 2.75) is 32.1 Å². The molecule has 100 valence electrons. The second kappa shape index (κ2) is 4.24. The lowest BCUT2D eigenvalue weighted by atomic mass is 10.1. The number of nitrogen functional groups attached to an aromatic ring is 1. The lowest BCUT2D eigenvalue weighted by Gasteiger charge is -2.12. The molecule has 4 nitrogen and oxygen atoms in total. The number of hydrogen-bond acceptors (Lipinski definition) is 3. The van der Waals surface area contributed by atoms with Gasteiger partial charge >= 0.3 is 0 Å². The fraction of sp³-hybridized carbons (Fsp3) is 0.538. The van der Waals surface area contributed by atoms with Gasteiger partial charge in [-0.15, -0.1) is 0 Å². The molecular formula is C13H20N2O2S. The van der Waals surface area contributed by atoms with E-state index in [2.05, 4.69) is 18.6 Å². The predicted octanol–water partition coefficient (Wildman–Crippen LogP) is 1.90. The van der Waals surface area contributed by atoms with Crippen molar-refractivity contribution in [2.75, 3.05) is 12.3 Å². The molecule has 1 saturated carbocycles. The second-order valence-electron chi connectivity index (χ2n) is 5.73. The fourth-order valence-electron chi connectivity index (χ4n) is 2.25. The Morgan fingerprint density at radius 1 is 1.44 bits per heavy atom. The number of sulfonamides is 1. The van der Waals surface area contributed by atoms with Crippen LogP contribution in [-0.2, 0) is 10.0 Å². The third-order valence-electron chi connectivity index (χ3n) is 3.75. The molecular weight excluding hydrogens is 248 g/mol. The smallest absolute Gasteiger partial charge is 0.242 e. The molecule has 5 heteroatoms. The zero-order chi connectivity index (χ0) is 13.6. The van der Waals surface area contributed by atoms with Gasteiger partial charge in [-0.3, -0.25) is 0 Å². The van der Waals surface area contributed by atoms with Gasteiger partial charge in [0.2, 0.25) is 10.0 Å². The highest BCUT2D eigenvalue weighted by Gasteiger charge is 2.45. The van der Waals surface area contributed by atoms with Crippen molar-refractivity contribution < 1.29 is 8.42 Å². The highest BCUT2D eigenvalue weighted by atomic mass is 32.2. The molecule has 0 heterocycles. The number of nitrogens with one attached hydrogen (secondary N) is 1. The summed E-state index contributed by atoms with van der Waals surface area (Å²) in [5, 5.41) is 0. The van der Waals surface area contributed by atoms with E-state index in [1.165, 1.54) is 0 Å². The molecule has 0 amide bonds. The summed E-state index contributed by atoms with van der Waals surface area (Å²) in [7, 11) is -3.50. The molecule has 1 aromatic carbocycles. The minimum absolute atomic E-state index is 0.212. The lowest BCUT2D eigenvalue weighted by molar-refractivity contribution is 0.537. The molecule has 2 rings (SSSR count). The molecule has 0 bridgehead atoms. The van der Waals surface area contributed by atoms with Crippen LogP contribution >= 0.6 is 0 Å². The van der Waals surface area contributed by atoms with Gasteiger partial charge in [0.15, 0.2) is 0 Å². The quantitative estimate of drug-likeness (QED) is 0.819. The van der Waals surface area contributed by atoms with Crippen molar-refractivity contribution in [3.05, 3.63) is 23.8 Å². The zero-order valence-electron chi connectivity index (χ0n) is 11.0. The SMILES string of the molecule is Cc1cccc(N)c1S(=O)(=O)NCC1CC1(C)C. The van der Waals surface area contributed by atoms with Crippen molar-refractivity contribution >= 4 is 15.7 Å². The van der Waals surface area contributed by atoms with Crippen LogP contribution in [0.2, 0.25) is 0 Å². The van der Waals surface area contributed by atoms with Gasteiger partial charge < -0.3 is 5.73 Å². The zero-order valence-corrected chi connectivity index (χ0v) is 11.8. The molecule has 0 aliphatic heterocycles. The van der Waals surface area contributed by atoms with Gasteiger partial charge in [0.25, 0.3) is 0 Å². The van der Waals surface area contributed by atoms with Crippen molar-refractivity contribution in [1.29, 1.82) is 0 Å². The van der Waals surface area contributed by atoms with E-state index in [1.807, 2.05) is 0 Å². The van der Waals surface area contributed by atoms with Crippen LogP contribution in [0.25, 0.3) is 0 Å². The standard InChI is InChI=1S/C13H20N2O2S/c1-9-5-4-6-11(14)12(9)18(16,17)15-8-10-7-13(10,2)3/h4-6,10,15H,7-8,14H2,1-3H3. The molecule has 18 heavy (non-hydrogen) atoms. The largest absolute Gasteiger partial charge is 0.398 e. The normalized spacial score (nSPS) is 21.8. The monoisotopic (exact) mass is 268 g/mol. The average molecular weight is 268 g/mol. The van der Waals surface area contributed by atoms with Gasteiger partial charge in [0, 0.05) is 6.54 Å². The first kappa shape index (κ1) is 13.4. The maximum atomic E-state index is 12.2. The molecule has 1 atom stereocenters. The summed E-state index contributed by atoms with van der Waals surface area (Å²) in [5.41, 5.74) is 7.01. The number of benzene rings is 1. The number of aryl methyl sites for hydroxylation is 1. The third kappa shape index (κ3) is 2.52. The van der Waals surface area contributed by atoms with Gasteiger partial charge in [-0.2, -0.15) is 0 Å². The summed E-state index contributed by atoms with van der Waals surface area (Å²) in [4.78, 5) is 0.212. The van der Waals surface area contributed by atoms with Crippen LogP contribution in [0.15, 0.2) is 23.1 Å². The number of rotatable bonds is 4. The van der Waals surface area contributed by atoms with Crippen molar-refractivity contribution in [3.63, 3.8) is 0 Å². The van der Waals surface area contributed by atoms with Crippen LogP contribution in [0.5, 0.6) is 0 Å². The first-order valence-corrected chi connectivity index (χ1v) is 7.57. The summed E-state index contributed by atoms with van der Waals surface area (Å²) in [6.07, 6.45) is 1.07. The summed E-state index contributed by atoms with van der Waals surface area (Å²) in [6.45, 7) is 6.54. The number of nitrogens with two attached hydrogens (primary N) is 1. The van der Waals surface area contributed by atoms with Crippen LogP contribution in [0.1, 0.15) is 25.8 Å². The van der Waals surface area contributed by atoms with E-state index in [0.717, 1.165) is 6.42 Å². The maximum Gasteiger partial charge on any atom is 0.242 e. The minimum atomic E-state index is -3.50. The lowest BCUT2D eigenvalue weighted by Crippen LogP contribution is -2.28. The predicted molar refractivity (Wildman–Crippen MR) is 72.7 cm³/mol. The van der Waals surface area contributed by atoms with Crippen LogP contribution in [0.3, 0.4) is 0 Å². The first-order chi connectivity index (χ1) is 8.24. The molecule has 0 saturated heterocycles. The summed E-state index contributed by atoms with van der Waals surface area (Å²) in [6, 6.07) is 5.13. The Morgan fingerprint density at radius 3 is 2.56 bits per heavy atom. The number of hydrogen-bond donors (Lipinski definition) is 2. The first-order valence-electron chi connectivity index (χ1n) is 6.09. The summed E-state index contributed by atoms with van der Waals surface area (Å²) < 4.78 is 27.1. The molecule has 1 unspecified atom stereocenters. The number of anilines is 1. The minimum Gasteiger partial charge on any atom is -0.398 e. The summed E-state index contributed by atoms with van der Waals surface area (Å²) in [5.74, 6) is 0.428. The molecule has 1 fully saturated rings. The molecule has 0 aromatic heterocycles. The van der Waals surface area contributed by atoms with Crippen LogP contribution in [0.4, 0.5) is 5.69 Å². The van der Waals surface area contributed by atoms with Gasteiger partial charge in [0.1, 0.15) is 4.90 Å². The van der Waals surface area contributed by atoms with Gasteiger partial charge in [-0.05, 0) is 36.3 Å². The highest BCUT2D eigenvalue weighted by Crippen LogP contribution is 2.51. The van der Waals surface area contributed by atoms with Gasteiger partial charge in [0.05, 0.1) is 5.69 Å². The van der Waals surface area contributed by atoms with Crippen molar-refractivity contribution in [3.8, 4) is 0 Å². The molecule has 1 aromatic rings. The Labute approximate surface area is 109 Å². The Hall–Kier alpha value is -1.07. The van der Waals surface area contributed by atoms with Crippen molar-refractivity contribution in [2.24, 2.45) is 11.3 Å². The molecule has 0 spiro atoms. The molecule has 1 aliphatic carbocycles. The molecule has 3 N–H and O–H groups in total. The van der Waals surface area contributed by atoms with Crippen LogP contribution in [0, 0.1) is 18.3 Å². The Balaban J connectivity index is 2.16. The molecule has 0 radical (unpaired) electrons. The van der Waals surface area contributed by atoms with E-state index in [1.54, 1.807) is 25.1 Å². The second-order valence-corrected chi connectivity index (χ2v) is 7.44. The highest BCUT2D eigenvalue weighted by molar-refractivity contribution is 7.89. The fourth-order valence-corrected chi connectivity index (χ4v) is 3.68. The Kier molecular flexibility index (Phi) is 3.15. The van der Waals surface area contributed by atoms with E-state index in [-0.39, 0.29) is 10.3 Å². The molecule has 1 aliphatic rings. The van der Waals surface area contributed by atoms with Crippen molar-refractivity contribution in [1.82, 2.24) is 4.72 Å². The van der Waals surface area contributed by atoms with E-state index < -0.39 is 10.0 Å². The van der Waals surface area contributed by atoms with Gasteiger partial charge in [-0.25, -0.2) is 13.1 Å². The van der Waals surface area contributed by atoms with Crippen LogP contribution in [-0.4, -0.2) is 15.0 Å². The van der Waals surface area contributed by atoms with E-state index in [9.17, 15) is 8.42 Å². The maximum absolute atomic E-state index is 12.2. The third-order valence-corrected chi connectivity index (χ3v) is 5.39. The van der Waals surface area contributed by atoms with E-state index in [0.29, 0.717) is 23.7 Å². The Morgan fingerprint density at radius 2 is 2.06 bits per heavy atom. The van der Waals surface area contributed by atoms with E-state index >= 15 is 0 Å². The van der Waals surface area contributed by atoms with Crippen LogP contribution < -0.4 is 10.5 Å². The summed E-state index contributed by atoms with van der Waals surface area (Å²) >= 11 is 0. The van der Waals surface area contributed by atoms with Gasteiger partial charge in [-0.1, -0.05) is 26.0 Å². The van der Waals surface area contributed by atoms with E-state index in [4.69, 9.17) is 5.73 Å².